The Hall–Kier alpha value is -2.36. The summed E-state index contributed by atoms with van der Waals surface area (Å²) < 4.78 is 2.02. The summed E-state index contributed by atoms with van der Waals surface area (Å²) in [6.07, 6.45) is 0. The molecule has 112 valence electrons. The van der Waals surface area contributed by atoms with Gasteiger partial charge in [0.1, 0.15) is 0 Å². The minimum atomic E-state index is -0.361. The molecule has 2 aromatic carbocycles. The number of rotatable bonds is 5. The molecule has 3 nitrogen and oxygen atoms in total. The smallest absolute Gasteiger partial charge is 0.0804 e. The summed E-state index contributed by atoms with van der Waals surface area (Å²) >= 11 is 0. The van der Waals surface area contributed by atoms with E-state index in [-0.39, 0.29) is 19.3 Å². The van der Waals surface area contributed by atoms with Gasteiger partial charge in [0.25, 0.3) is 0 Å². The first-order valence-electron chi connectivity index (χ1n) is 7.39. The van der Waals surface area contributed by atoms with Gasteiger partial charge in [-0.15, -0.1) is 0 Å². The van der Waals surface area contributed by atoms with E-state index >= 15 is 0 Å². The van der Waals surface area contributed by atoms with E-state index in [2.05, 4.69) is 0 Å². The molecule has 3 heteroatoms. The van der Waals surface area contributed by atoms with Crippen LogP contribution in [-0.2, 0) is 0 Å². The maximum atomic E-state index is 9.66. The van der Waals surface area contributed by atoms with Gasteiger partial charge in [0.2, 0.25) is 0 Å². The van der Waals surface area contributed by atoms with E-state index in [4.69, 9.17) is 0 Å². The maximum Gasteiger partial charge on any atom is 0.0804 e. The van der Waals surface area contributed by atoms with Crippen molar-refractivity contribution in [3.63, 3.8) is 0 Å². The third-order valence-corrected chi connectivity index (χ3v) is 3.84. The lowest BCUT2D eigenvalue weighted by molar-refractivity contribution is 0.156. The molecule has 3 rings (SSSR count). The van der Waals surface area contributed by atoms with Gasteiger partial charge in [-0.1, -0.05) is 60.7 Å². The van der Waals surface area contributed by atoms with Crippen molar-refractivity contribution in [2.45, 2.75) is 6.04 Å². The molecule has 0 atom stereocenters. The lowest BCUT2D eigenvalue weighted by atomic mass is 10.1. The predicted octanol–water partition coefficient (Wildman–Crippen LogP) is 3.35. The van der Waals surface area contributed by atoms with Crippen LogP contribution in [0.5, 0.6) is 0 Å². The average molecular weight is 293 g/mol. The van der Waals surface area contributed by atoms with E-state index in [0.717, 1.165) is 22.5 Å². The molecule has 0 aliphatic carbocycles. The van der Waals surface area contributed by atoms with Crippen molar-refractivity contribution in [3.8, 4) is 22.5 Å². The van der Waals surface area contributed by atoms with Gasteiger partial charge in [-0.2, -0.15) is 0 Å². The third kappa shape index (κ3) is 2.69. The van der Waals surface area contributed by atoms with Crippen molar-refractivity contribution in [3.05, 3.63) is 72.8 Å². The Balaban J connectivity index is 2.18. The fourth-order valence-corrected chi connectivity index (χ4v) is 2.75. The Bertz CT molecular complexity index is 659. The van der Waals surface area contributed by atoms with Gasteiger partial charge in [0.15, 0.2) is 0 Å². The maximum absolute atomic E-state index is 9.66. The zero-order chi connectivity index (χ0) is 15.4. The van der Waals surface area contributed by atoms with Gasteiger partial charge in [0, 0.05) is 11.4 Å². The summed E-state index contributed by atoms with van der Waals surface area (Å²) in [6.45, 7) is -0.213. The molecule has 0 amide bonds. The number of aliphatic hydroxyl groups excluding tert-OH is 2. The largest absolute Gasteiger partial charge is 0.394 e. The molecule has 2 N–H and O–H groups in total. The summed E-state index contributed by atoms with van der Waals surface area (Å²) in [4.78, 5) is 0. The fraction of sp³-hybridized carbons (Fsp3) is 0.158. The summed E-state index contributed by atoms with van der Waals surface area (Å²) in [7, 11) is 0. The molecule has 0 radical (unpaired) electrons. The number of aromatic nitrogens is 1. The Morgan fingerprint density at radius 3 is 1.41 bits per heavy atom. The van der Waals surface area contributed by atoms with E-state index < -0.39 is 0 Å². The van der Waals surface area contributed by atoms with E-state index in [1.807, 2.05) is 77.4 Å². The average Bonchev–Trinajstić information content (AvgIpc) is 3.02. The Morgan fingerprint density at radius 1 is 0.636 bits per heavy atom. The molecule has 0 aliphatic rings. The summed E-state index contributed by atoms with van der Waals surface area (Å²) in [6, 6.07) is 23.8. The quantitative estimate of drug-likeness (QED) is 0.758. The van der Waals surface area contributed by atoms with Gasteiger partial charge in [0.05, 0.1) is 19.3 Å². The molecule has 1 aromatic heterocycles. The highest BCUT2D eigenvalue weighted by atomic mass is 16.3. The molecule has 0 bridgehead atoms. The number of hydrogen-bond acceptors (Lipinski definition) is 2. The number of benzene rings is 2. The molecule has 0 fully saturated rings. The standard InChI is InChI=1S/C19H19NO2/c21-13-17(14-22)20-18(15-7-3-1-4-8-15)11-12-19(20)16-9-5-2-6-10-16/h1-12,17,21-22H,13-14H2. The first kappa shape index (κ1) is 14.6. The van der Waals surface area contributed by atoms with Crippen LogP contribution < -0.4 is 0 Å². The van der Waals surface area contributed by atoms with Crippen LogP contribution in [0.3, 0.4) is 0 Å². The highest BCUT2D eigenvalue weighted by Crippen LogP contribution is 2.32. The highest BCUT2D eigenvalue weighted by Gasteiger charge is 2.18. The normalized spacial score (nSPS) is 11.0. The topological polar surface area (TPSA) is 45.4 Å². The van der Waals surface area contributed by atoms with Crippen molar-refractivity contribution < 1.29 is 10.2 Å². The predicted molar refractivity (Wildman–Crippen MR) is 88.5 cm³/mol. The zero-order valence-electron chi connectivity index (χ0n) is 12.3. The van der Waals surface area contributed by atoms with Crippen molar-refractivity contribution in [1.82, 2.24) is 4.57 Å². The van der Waals surface area contributed by atoms with E-state index in [9.17, 15) is 10.2 Å². The van der Waals surface area contributed by atoms with E-state index in [1.165, 1.54) is 0 Å². The summed E-state index contributed by atoms with van der Waals surface area (Å²) in [5.41, 5.74) is 4.12. The van der Waals surface area contributed by atoms with Crippen LogP contribution in [0.4, 0.5) is 0 Å². The summed E-state index contributed by atoms with van der Waals surface area (Å²) in [5, 5.41) is 19.3. The van der Waals surface area contributed by atoms with Gasteiger partial charge in [-0.3, -0.25) is 0 Å². The fourth-order valence-electron chi connectivity index (χ4n) is 2.75. The number of aliphatic hydroxyl groups is 2. The number of hydrogen-bond donors (Lipinski definition) is 2. The van der Waals surface area contributed by atoms with E-state index in [1.54, 1.807) is 0 Å². The first-order chi connectivity index (χ1) is 10.8. The van der Waals surface area contributed by atoms with Crippen LogP contribution in [0, 0.1) is 0 Å². The molecule has 0 unspecified atom stereocenters. The molecular weight excluding hydrogens is 274 g/mol. The number of nitrogens with zero attached hydrogens (tertiary/aromatic N) is 1. The van der Waals surface area contributed by atoms with Gasteiger partial charge in [-0.25, -0.2) is 0 Å². The van der Waals surface area contributed by atoms with Crippen LogP contribution in [-0.4, -0.2) is 28.0 Å². The highest BCUT2D eigenvalue weighted by molar-refractivity contribution is 5.70. The second-order valence-electron chi connectivity index (χ2n) is 5.22. The van der Waals surface area contributed by atoms with Crippen molar-refractivity contribution >= 4 is 0 Å². The van der Waals surface area contributed by atoms with Crippen LogP contribution in [0.15, 0.2) is 72.8 Å². The lowest BCUT2D eigenvalue weighted by Gasteiger charge is -2.21. The molecule has 0 aliphatic heterocycles. The van der Waals surface area contributed by atoms with Gasteiger partial charge < -0.3 is 14.8 Å². The lowest BCUT2D eigenvalue weighted by Crippen LogP contribution is -2.19. The second-order valence-corrected chi connectivity index (χ2v) is 5.22. The zero-order valence-corrected chi connectivity index (χ0v) is 12.3. The molecule has 0 saturated heterocycles. The minimum absolute atomic E-state index is 0.106. The molecule has 0 spiro atoms. The van der Waals surface area contributed by atoms with Crippen LogP contribution in [0.2, 0.25) is 0 Å². The van der Waals surface area contributed by atoms with Crippen molar-refractivity contribution in [2.75, 3.05) is 13.2 Å². The Labute approximate surface area is 130 Å². The van der Waals surface area contributed by atoms with Crippen molar-refractivity contribution in [1.29, 1.82) is 0 Å². The monoisotopic (exact) mass is 293 g/mol. The van der Waals surface area contributed by atoms with E-state index in [0.29, 0.717) is 0 Å². The minimum Gasteiger partial charge on any atom is -0.394 e. The van der Waals surface area contributed by atoms with Crippen LogP contribution in [0.25, 0.3) is 22.5 Å². The third-order valence-electron chi connectivity index (χ3n) is 3.84. The molecule has 3 aromatic rings. The Kier molecular flexibility index (Phi) is 4.37. The van der Waals surface area contributed by atoms with Gasteiger partial charge in [-0.05, 0) is 23.3 Å². The van der Waals surface area contributed by atoms with Crippen LogP contribution in [0.1, 0.15) is 6.04 Å². The Morgan fingerprint density at radius 2 is 1.05 bits per heavy atom. The van der Waals surface area contributed by atoms with Crippen LogP contribution >= 0.6 is 0 Å². The molecule has 22 heavy (non-hydrogen) atoms. The van der Waals surface area contributed by atoms with Gasteiger partial charge >= 0.3 is 0 Å². The first-order valence-corrected chi connectivity index (χ1v) is 7.39. The second kappa shape index (κ2) is 6.60. The SMILES string of the molecule is OCC(CO)n1c(-c2ccccc2)ccc1-c1ccccc1. The molecule has 0 saturated carbocycles. The molecule has 1 heterocycles. The van der Waals surface area contributed by atoms with Crippen molar-refractivity contribution in [2.24, 2.45) is 0 Å². The molecular formula is C19H19NO2. The summed E-state index contributed by atoms with van der Waals surface area (Å²) in [5.74, 6) is 0.